The van der Waals surface area contributed by atoms with E-state index >= 15 is 0 Å². The first-order valence-corrected chi connectivity index (χ1v) is 9.03. The molecule has 0 aliphatic carbocycles. The summed E-state index contributed by atoms with van der Waals surface area (Å²) < 4.78 is 11.0. The predicted octanol–water partition coefficient (Wildman–Crippen LogP) is 2.96. The van der Waals surface area contributed by atoms with Crippen LogP contribution in [-0.4, -0.2) is 48.8 Å². The van der Waals surface area contributed by atoms with Crippen LogP contribution >= 0.6 is 11.3 Å². The van der Waals surface area contributed by atoms with E-state index in [1.165, 1.54) is 0 Å². The number of carbonyl (C=O) groups is 1. The first kappa shape index (κ1) is 17.1. The SMILES string of the molecule is CN(Cc1csc(-c2ccccc2)n1)C(=O)COCC1CCCO1. The topological polar surface area (TPSA) is 51.7 Å². The summed E-state index contributed by atoms with van der Waals surface area (Å²) >= 11 is 1.59. The van der Waals surface area contributed by atoms with Crippen molar-refractivity contribution in [1.29, 1.82) is 0 Å². The summed E-state index contributed by atoms with van der Waals surface area (Å²) in [7, 11) is 1.78. The van der Waals surface area contributed by atoms with Crippen LogP contribution in [0, 0.1) is 0 Å². The van der Waals surface area contributed by atoms with E-state index in [0.717, 1.165) is 35.7 Å². The molecule has 2 aromatic rings. The number of thiazole rings is 1. The zero-order chi connectivity index (χ0) is 16.8. The number of benzene rings is 1. The van der Waals surface area contributed by atoms with E-state index in [9.17, 15) is 4.79 Å². The van der Waals surface area contributed by atoms with Gasteiger partial charge in [-0.2, -0.15) is 0 Å². The number of ether oxygens (including phenoxy) is 2. The lowest BCUT2D eigenvalue weighted by atomic mass is 10.2. The predicted molar refractivity (Wildman–Crippen MR) is 93.8 cm³/mol. The van der Waals surface area contributed by atoms with Crippen LogP contribution in [-0.2, 0) is 20.8 Å². The molecule has 24 heavy (non-hydrogen) atoms. The molecule has 1 aliphatic rings. The second kappa shape index (κ2) is 8.37. The van der Waals surface area contributed by atoms with Crippen LogP contribution in [0.3, 0.4) is 0 Å². The highest BCUT2D eigenvalue weighted by Crippen LogP contribution is 2.23. The molecule has 1 aromatic heterocycles. The summed E-state index contributed by atoms with van der Waals surface area (Å²) in [5.41, 5.74) is 2.00. The summed E-state index contributed by atoms with van der Waals surface area (Å²) in [5.74, 6) is -0.0396. The Hall–Kier alpha value is -1.76. The summed E-state index contributed by atoms with van der Waals surface area (Å²) in [6, 6.07) is 10.1. The Balaban J connectivity index is 1.46. The Morgan fingerprint density at radius 2 is 2.25 bits per heavy atom. The second-order valence-corrected chi connectivity index (χ2v) is 6.77. The van der Waals surface area contributed by atoms with Gasteiger partial charge in [0.05, 0.1) is 24.9 Å². The molecule has 1 aliphatic heterocycles. The lowest BCUT2D eigenvalue weighted by Crippen LogP contribution is -2.31. The lowest BCUT2D eigenvalue weighted by Gasteiger charge is -2.17. The zero-order valence-corrected chi connectivity index (χ0v) is 14.6. The number of nitrogens with zero attached hydrogens (tertiary/aromatic N) is 2. The van der Waals surface area contributed by atoms with Gasteiger partial charge in [-0.1, -0.05) is 30.3 Å². The van der Waals surface area contributed by atoms with Crippen molar-refractivity contribution in [2.75, 3.05) is 26.9 Å². The summed E-state index contributed by atoms with van der Waals surface area (Å²) in [4.78, 5) is 18.4. The first-order valence-electron chi connectivity index (χ1n) is 8.15. The van der Waals surface area contributed by atoms with E-state index in [-0.39, 0.29) is 18.6 Å². The molecule has 2 heterocycles. The highest BCUT2D eigenvalue weighted by Gasteiger charge is 2.17. The van der Waals surface area contributed by atoms with Crippen LogP contribution in [0.5, 0.6) is 0 Å². The summed E-state index contributed by atoms with van der Waals surface area (Å²) in [6.45, 7) is 1.88. The average molecular weight is 346 g/mol. The molecule has 0 radical (unpaired) electrons. The number of hydrogen-bond donors (Lipinski definition) is 0. The van der Waals surface area contributed by atoms with Gasteiger partial charge in [0.1, 0.15) is 11.6 Å². The van der Waals surface area contributed by atoms with Crippen molar-refractivity contribution in [1.82, 2.24) is 9.88 Å². The highest BCUT2D eigenvalue weighted by molar-refractivity contribution is 7.13. The molecule has 6 heteroatoms. The minimum Gasteiger partial charge on any atom is -0.376 e. The van der Waals surface area contributed by atoms with Crippen molar-refractivity contribution < 1.29 is 14.3 Å². The van der Waals surface area contributed by atoms with Crippen LogP contribution in [0.15, 0.2) is 35.7 Å². The molecule has 1 fully saturated rings. The number of rotatable bonds is 7. The number of likely N-dealkylation sites (N-methyl/N-ethyl adjacent to an activating group) is 1. The molecule has 1 amide bonds. The third-order valence-corrected chi connectivity index (χ3v) is 4.89. The van der Waals surface area contributed by atoms with Crippen molar-refractivity contribution >= 4 is 17.2 Å². The van der Waals surface area contributed by atoms with Gasteiger partial charge in [0.2, 0.25) is 5.91 Å². The normalized spacial score (nSPS) is 17.1. The van der Waals surface area contributed by atoms with Crippen LogP contribution in [0.2, 0.25) is 0 Å². The van der Waals surface area contributed by atoms with E-state index < -0.39 is 0 Å². The molecule has 3 rings (SSSR count). The molecule has 128 valence electrons. The van der Waals surface area contributed by atoms with Gasteiger partial charge in [-0.3, -0.25) is 4.79 Å². The van der Waals surface area contributed by atoms with Crippen molar-refractivity contribution in [3.8, 4) is 10.6 Å². The van der Waals surface area contributed by atoms with E-state index in [1.807, 2.05) is 35.7 Å². The maximum absolute atomic E-state index is 12.1. The van der Waals surface area contributed by atoms with E-state index in [1.54, 1.807) is 23.3 Å². The number of amides is 1. The molecule has 0 spiro atoms. The Labute approximate surface area is 146 Å². The Morgan fingerprint density at radius 1 is 1.42 bits per heavy atom. The molecule has 1 atom stereocenters. The quantitative estimate of drug-likeness (QED) is 0.773. The van der Waals surface area contributed by atoms with E-state index in [2.05, 4.69) is 4.98 Å². The smallest absolute Gasteiger partial charge is 0.248 e. The van der Waals surface area contributed by atoms with Gasteiger partial charge >= 0.3 is 0 Å². The monoisotopic (exact) mass is 346 g/mol. The van der Waals surface area contributed by atoms with Gasteiger partial charge in [0.15, 0.2) is 0 Å². The molecule has 5 nitrogen and oxygen atoms in total. The van der Waals surface area contributed by atoms with Gasteiger partial charge in [-0.15, -0.1) is 11.3 Å². The van der Waals surface area contributed by atoms with Crippen LogP contribution in [0.4, 0.5) is 0 Å². The standard InChI is InChI=1S/C18H22N2O3S/c1-20(17(21)12-22-11-16-8-5-9-23-16)10-15-13-24-18(19-15)14-6-3-2-4-7-14/h2-4,6-7,13,16H,5,8-12H2,1H3. The second-order valence-electron chi connectivity index (χ2n) is 5.91. The lowest BCUT2D eigenvalue weighted by molar-refractivity contribution is -0.136. The van der Waals surface area contributed by atoms with Crippen molar-refractivity contribution in [2.24, 2.45) is 0 Å². The Bertz CT molecular complexity index is 653. The minimum atomic E-state index is -0.0396. The van der Waals surface area contributed by atoms with Gasteiger partial charge in [0.25, 0.3) is 0 Å². The fourth-order valence-electron chi connectivity index (χ4n) is 2.59. The third-order valence-electron chi connectivity index (χ3n) is 3.95. The zero-order valence-electron chi connectivity index (χ0n) is 13.8. The molecule has 1 unspecified atom stereocenters. The van der Waals surface area contributed by atoms with Crippen molar-refractivity contribution in [3.05, 3.63) is 41.4 Å². The molecule has 0 bridgehead atoms. The first-order chi connectivity index (χ1) is 11.7. The summed E-state index contributed by atoms with van der Waals surface area (Å²) in [5, 5.41) is 2.97. The van der Waals surface area contributed by atoms with E-state index in [4.69, 9.17) is 9.47 Å². The van der Waals surface area contributed by atoms with E-state index in [0.29, 0.717) is 13.2 Å². The van der Waals surface area contributed by atoms with Gasteiger partial charge in [-0.25, -0.2) is 4.98 Å². The number of hydrogen-bond acceptors (Lipinski definition) is 5. The van der Waals surface area contributed by atoms with Gasteiger partial charge in [0, 0.05) is 24.6 Å². The largest absolute Gasteiger partial charge is 0.376 e. The third kappa shape index (κ3) is 4.63. The Morgan fingerprint density at radius 3 is 3.00 bits per heavy atom. The molecule has 1 aromatic carbocycles. The maximum atomic E-state index is 12.1. The molecular formula is C18H22N2O3S. The molecule has 1 saturated heterocycles. The Kier molecular flexibility index (Phi) is 5.96. The minimum absolute atomic E-state index is 0.0396. The van der Waals surface area contributed by atoms with Crippen LogP contribution in [0.25, 0.3) is 10.6 Å². The molecular weight excluding hydrogens is 324 g/mol. The summed E-state index contributed by atoms with van der Waals surface area (Å²) in [6.07, 6.45) is 2.25. The molecule has 0 saturated carbocycles. The fraction of sp³-hybridized carbons (Fsp3) is 0.444. The van der Waals surface area contributed by atoms with Crippen LogP contribution in [0.1, 0.15) is 18.5 Å². The van der Waals surface area contributed by atoms with Crippen molar-refractivity contribution in [2.45, 2.75) is 25.5 Å². The fourth-order valence-corrected chi connectivity index (χ4v) is 3.40. The number of aromatic nitrogens is 1. The van der Waals surface area contributed by atoms with Crippen LogP contribution < -0.4 is 0 Å². The maximum Gasteiger partial charge on any atom is 0.248 e. The van der Waals surface area contributed by atoms with Gasteiger partial charge in [-0.05, 0) is 12.8 Å². The van der Waals surface area contributed by atoms with Crippen molar-refractivity contribution in [3.63, 3.8) is 0 Å². The molecule has 0 N–H and O–H groups in total. The number of carbonyl (C=O) groups excluding carboxylic acids is 1. The van der Waals surface area contributed by atoms with Gasteiger partial charge < -0.3 is 14.4 Å². The average Bonchev–Trinajstić information content (AvgIpc) is 3.27. The highest BCUT2D eigenvalue weighted by atomic mass is 32.1.